The summed E-state index contributed by atoms with van der Waals surface area (Å²) in [5, 5.41) is 2.37. The smallest absolute Gasteiger partial charge is 0.160 e. The van der Waals surface area contributed by atoms with Crippen LogP contribution in [0.4, 0.5) is 0 Å². The van der Waals surface area contributed by atoms with E-state index in [9.17, 15) is 0 Å². The van der Waals surface area contributed by atoms with E-state index in [4.69, 9.17) is 9.97 Å². The standard InChI is InChI=1S/C55H39N3/c1-55(2)48-24-14-12-22-44(48)45-28-26-38(34-49(45)55)50-35-51(42-31-40(36-16-6-3-7-17-36)30-41(32-42)37-18-8-4-9-19-37)57-54(56-50)39-27-29-53-47(33-39)46-23-13-15-25-52(46)58(53)43-20-10-5-11-21-43/h3-35H,1-2H3. The lowest BCUT2D eigenvalue weighted by Crippen LogP contribution is -2.14. The van der Waals surface area contributed by atoms with Gasteiger partial charge in [-0.25, -0.2) is 9.97 Å². The fourth-order valence-corrected chi connectivity index (χ4v) is 9.07. The minimum atomic E-state index is -0.132. The molecule has 0 saturated carbocycles. The molecule has 3 heteroatoms. The molecule has 0 N–H and O–H groups in total. The summed E-state index contributed by atoms with van der Waals surface area (Å²) in [4.78, 5) is 10.9. The number of hydrogen-bond donors (Lipinski definition) is 0. The number of benzene rings is 8. The summed E-state index contributed by atoms with van der Waals surface area (Å²) in [5.41, 5.74) is 18.1. The van der Waals surface area contributed by atoms with Crippen molar-refractivity contribution in [3.8, 4) is 73.0 Å². The average molecular weight is 742 g/mol. The molecule has 3 nitrogen and oxygen atoms in total. The normalized spacial score (nSPS) is 12.8. The van der Waals surface area contributed by atoms with Gasteiger partial charge in [-0.1, -0.05) is 147 Å². The fourth-order valence-electron chi connectivity index (χ4n) is 9.07. The highest BCUT2D eigenvalue weighted by molar-refractivity contribution is 6.10. The van der Waals surface area contributed by atoms with Crippen LogP contribution < -0.4 is 0 Å². The van der Waals surface area contributed by atoms with E-state index in [0.717, 1.165) is 61.5 Å². The largest absolute Gasteiger partial charge is 0.309 e. The molecule has 1 aliphatic rings. The topological polar surface area (TPSA) is 30.7 Å². The van der Waals surface area contributed by atoms with Crippen molar-refractivity contribution >= 4 is 21.8 Å². The number of aromatic nitrogens is 3. The van der Waals surface area contributed by atoms with Gasteiger partial charge in [-0.2, -0.15) is 0 Å². The number of para-hydroxylation sites is 2. The molecule has 0 unspecified atom stereocenters. The third-order valence-corrected chi connectivity index (χ3v) is 12.0. The molecule has 0 spiro atoms. The zero-order valence-corrected chi connectivity index (χ0v) is 32.4. The fraction of sp³-hybridized carbons (Fsp3) is 0.0545. The molecule has 0 amide bonds. The monoisotopic (exact) mass is 741 g/mol. The number of hydrogen-bond acceptors (Lipinski definition) is 2. The van der Waals surface area contributed by atoms with Crippen LogP contribution in [0.15, 0.2) is 200 Å². The van der Waals surface area contributed by atoms with E-state index in [1.54, 1.807) is 0 Å². The van der Waals surface area contributed by atoms with Gasteiger partial charge in [0.25, 0.3) is 0 Å². The van der Waals surface area contributed by atoms with Crippen molar-refractivity contribution in [1.29, 1.82) is 0 Å². The summed E-state index contributed by atoms with van der Waals surface area (Å²) in [6.07, 6.45) is 0. The molecular weight excluding hydrogens is 703 g/mol. The third kappa shape index (κ3) is 5.58. The highest BCUT2D eigenvalue weighted by atomic mass is 15.0. The van der Waals surface area contributed by atoms with Crippen LogP contribution in [-0.4, -0.2) is 14.5 Å². The predicted molar refractivity (Wildman–Crippen MR) is 241 cm³/mol. The van der Waals surface area contributed by atoms with E-state index in [2.05, 4.69) is 219 Å². The van der Waals surface area contributed by atoms with Gasteiger partial charge in [0, 0.05) is 38.6 Å². The molecule has 8 aromatic carbocycles. The molecular formula is C55H39N3. The van der Waals surface area contributed by atoms with Crippen molar-refractivity contribution in [3.05, 3.63) is 211 Å². The Morgan fingerprint density at radius 1 is 0.362 bits per heavy atom. The van der Waals surface area contributed by atoms with E-state index >= 15 is 0 Å². The van der Waals surface area contributed by atoms with E-state index < -0.39 is 0 Å². The SMILES string of the molecule is CC1(C)c2ccccc2-c2ccc(-c3cc(-c4cc(-c5ccccc5)cc(-c5ccccc5)c4)nc(-c4ccc5c(c4)c4ccccc4n5-c4ccccc4)n3)cc21. The number of rotatable bonds is 6. The van der Waals surface area contributed by atoms with Gasteiger partial charge in [0.05, 0.1) is 22.4 Å². The van der Waals surface area contributed by atoms with Gasteiger partial charge < -0.3 is 4.57 Å². The second-order valence-corrected chi connectivity index (χ2v) is 15.8. The van der Waals surface area contributed by atoms with Crippen LogP contribution in [0.1, 0.15) is 25.0 Å². The molecule has 11 rings (SSSR count). The molecule has 10 aromatic rings. The Hall–Kier alpha value is -7.36. The van der Waals surface area contributed by atoms with E-state index in [1.165, 1.54) is 38.5 Å². The Morgan fingerprint density at radius 3 is 1.64 bits per heavy atom. The summed E-state index contributed by atoms with van der Waals surface area (Å²) in [6, 6.07) is 71.9. The zero-order valence-electron chi connectivity index (χ0n) is 32.4. The van der Waals surface area contributed by atoms with Gasteiger partial charge in [-0.3, -0.25) is 0 Å². The van der Waals surface area contributed by atoms with E-state index in [0.29, 0.717) is 5.82 Å². The molecule has 2 heterocycles. The lowest BCUT2D eigenvalue weighted by Gasteiger charge is -2.22. The van der Waals surface area contributed by atoms with Gasteiger partial charge in [-0.05, 0) is 111 Å². The van der Waals surface area contributed by atoms with E-state index in [-0.39, 0.29) is 5.41 Å². The highest BCUT2D eigenvalue weighted by Gasteiger charge is 2.35. The summed E-state index contributed by atoms with van der Waals surface area (Å²) < 4.78 is 2.35. The van der Waals surface area contributed by atoms with Crippen molar-refractivity contribution in [1.82, 2.24) is 14.5 Å². The van der Waals surface area contributed by atoms with Crippen LogP contribution in [0.2, 0.25) is 0 Å². The summed E-state index contributed by atoms with van der Waals surface area (Å²) in [7, 11) is 0. The number of nitrogens with zero attached hydrogens (tertiary/aromatic N) is 3. The summed E-state index contributed by atoms with van der Waals surface area (Å²) in [5.74, 6) is 0.695. The zero-order chi connectivity index (χ0) is 38.8. The number of fused-ring (bicyclic) bond motifs is 6. The molecule has 0 atom stereocenters. The lowest BCUT2D eigenvalue weighted by molar-refractivity contribution is 0.660. The van der Waals surface area contributed by atoms with Crippen molar-refractivity contribution in [3.63, 3.8) is 0 Å². The first kappa shape index (κ1) is 33.9. The first-order valence-corrected chi connectivity index (χ1v) is 20.0. The Labute approximate surface area is 338 Å². The molecule has 274 valence electrons. The first-order valence-electron chi connectivity index (χ1n) is 20.0. The quantitative estimate of drug-likeness (QED) is 0.170. The van der Waals surface area contributed by atoms with Gasteiger partial charge in [-0.15, -0.1) is 0 Å². The molecule has 2 aromatic heterocycles. The van der Waals surface area contributed by atoms with Gasteiger partial charge in [0.15, 0.2) is 5.82 Å². The molecule has 0 aliphatic heterocycles. The maximum atomic E-state index is 5.44. The Balaban J connectivity index is 1.14. The molecule has 0 fully saturated rings. The molecule has 0 radical (unpaired) electrons. The van der Waals surface area contributed by atoms with Gasteiger partial charge in [0.2, 0.25) is 0 Å². The predicted octanol–water partition coefficient (Wildman–Crippen LogP) is 14.2. The van der Waals surface area contributed by atoms with Crippen LogP contribution in [0.3, 0.4) is 0 Å². The second-order valence-electron chi connectivity index (χ2n) is 15.8. The molecule has 0 bridgehead atoms. The Morgan fingerprint density at radius 2 is 0.914 bits per heavy atom. The van der Waals surface area contributed by atoms with Crippen molar-refractivity contribution in [2.45, 2.75) is 19.3 Å². The molecule has 0 saturated heterocycles. The average Bonchev–Trinajstić information content (AvgIpc) is 3.74. The minimum Gasteiger partial charge on any atom is -0.309 e. The van der Waals surface area contributed by atoms with Crippen LogP contribution >= 0.6 is 0 Å². The van der Waals surface area contributed by atoms with Crippen LogP contribution in [0.25, 0.3) is 94.8 Å². The highest BCUT2D eigenvalue weighted by Crippen LogP contribution is 2.49. The summed E-state index contributed by atoms with van der Waals surface area (Å²) in [6.45, 7) is 4.67. The minimum absolute atomic E-state index is 0.132. The Bertz CT molecular complexity index is 3120. The summed E-state index contributed by atoms with van der Waals surface area (Å²) >= 11 is 0. The lowest BCUT2D eigenvalue weighted by atomic mass is 9.82. The molecule has 58 heavy (non-hydrogen) atoms. The van der Waals surface area contributed by atoms with E-state index in [1.807, 2.05) is 0 Å². The maximum Gasteiger partial charge on any atom is 0.160 e. The first-order chi connectivity index (χ1) is 28.5. The van der Waals surface area contributed by atoms with Crippen LogP contribution in [-0.2, 0) is 5.41 Å². The second kappa shape index (κ2) is 13.4. The van der Waals surface area contributed by atoms with Crippen LogP contribution in [0.5, 0.6) is 0 Å². The van der Waals surface area contributed by atoms with Crippen molar-refractivity contribution < 1.29 is 0 Å². The van der Waals surface area contributed by atoms with Gasteiger partial charge >= 0.3 is 0 Å². The van der Waals surface area contributed by atoms with Crippen LogP contribution in [0, 0.1) is 0 Å². The van der Waals surface area contributed by atoms with Crippen molar-refractivity contribution in [2.24, 2.45) is 0 Å². The van der Waals surface area contributed by atoms with Crippen molar-refractivity contribution in [2.75, 3.05) is 0 Å². The third-order valence-electron chi connectivity index (χ3n) is 12.0. The van der Waals surface area contributed by atoms with Gasteiger partial charge in [0.1, 0.15) is 0 Å². The molecule has 1 aliphatic carbocycles. The maximum absolute atomic E-state index is 5.44. The Kier molecular flexibility index (Phi) is 7.84.